The van der Waals surface area contributed by atoms with Crippen LogP contribution in [-0.4, -0.2) is 65.1 Å². The van der Waals surface area contributed by atoms with Crippen molar-refractivity contribution in [1.29, 1.82) is 0 Å². The van der Waals surface area contributed by atoms with Crippen LogP contribution in [-0.2, 0) is 9.53 Å². The maximum Gasteiger partial charge on any atom is 0.257 e. The van der Waals surface area contributed by atoms with Gasteiger partial charge in [0.2, 0.25) is 5.91 Å². The summed E-state index contributed by atoms with van der Waals surface area (Å²) in [6, 6.07) is 3.50. The van der Waals surface area contributed by atoms with Gasteiger partial charge in [-0.05, 0) is 50.3 Å². The van der Waals surface area contributed by atoms with Crippen LogP contribution in [0.5, 0.6) is 5.75 Å². The van der Waals surface area contributed by atoms with E-state index in [2.05, 4.69) is 0 Å². The molecule has 4 fully saturated rings. The largest absolute Gasteiger partial charge is 0.508 e. The molecule has 3 saturated heterocycles. The number of phenolic OH excluding ortho intramolecular Hbond substituents is 1. The van der Waals surface area contributed by atoms with Crippen molar-refractivity contribution in [2.75, 3.05) is 32.8 Å². The van der Waals surface area contributed by atoms with Crippen LogP contribution in [0.2, 0.25) is 0 Å². The number of hydrogen-bond donors (Lipinski definition) is 1. The van der Waals surface area contributed by atoms with Crippen LogP contribution in [0.1, 0.15) is 42.5 Å². The molecular weight excluding hydrogens is 363 g/mol. The average Bonchev–Trinajstić information content (AvgIpc) is 3.24. The molecule has 5 rings (SSSR count). The lowest BCUT2D eigenvalue weighted by atomic mass is 9.57. The number of carbonyl (C=O) groups is 2. The van der Waals surface area contributed by atoms with Gasteiger partial charge in [-0.2, -0.15) is 0 Å². The second-order valence-electron chi connectivity index (χ2n) is 9.08. The number of carbonyl (C=O) groups excluding carboxylic acids is 2. The SMILES string of the molecule is O=C(c1cc(O)ccc1F)N1CC2(CC(C(=O)N3CCC4(CCCO4)C3)C2)C1. The van der Waals surface area contributed by atoms with E-state index in [1.165, 1.54) is 12.1 Å². The van der Waals surface area contributed by atoms with Crippen LogP contribution < -0.4 is 0 Å². The zero-order chi connectivity index (χ0) is 19.5. The maximum absolute atomic E-state index is 13.9. The summed E-state index contributed by atoms with van der Waals surface area (Å²) in [7, 11) is 0. The highest BCUT2D eigenvalue weighted by Gasteiger charge is 2.57. The van der Waals surface area contributed by atoms with E-state index in [1.54, 1.807) is 4.90 Å². The summed E-state index contributed by atoms with van der Waals surface area (Å²) in [5, 5.41) is 9.51. The summed E-state index contributed by atoms with van der Waals surface area (Å²) in [6.45, 7) is 3.41. The van der Waals surface area contributed by atoms with Crippen molar-refractivity contribution in [3.8, 4) is 5.75 Å². The van der Waals surface area contributed by atoms with Gasteiger partial charge in [-0.25, -0.2) is 4.39 Å². The standard InChI is InChI=1S/C21H25FN2O4/c22-17-3-2-15(25)8-16(17)19(27)24-11-20(12-24)9-14(10-20)18(26)23-6-5-21(13-23)4-1-7-28-21/h2-3,8,14,25H,1,4-7,9-13H2. The van der Waals surface area contributed by atoms with Gasteiger partial charge in [0.15, 0.2) is 0 Å². The van der Waals surface area contributed by atoms with Crippen LogP contribution in [0, 0.1) is 17.2 Å². The zero-order valence-corrected chi connectivity index (χ0v) is 15.8. The van der Waals surface area contributed by atoms with E-state index in [-0.39, 0.29) is 34.2 Å². The number of aromatic hydroxyl groups is 1. The Morgan fingerprint density at radius 1 is 1.14 bits per heavy atom. The Morgan fingerprint density at radius 2 is 1.93 bits per heavy atom. The van der Waals surface area contributed by atoms with Gasteiger partial charge in [-0.15, -0.1) is 0 Å². The molecule has 3 heterocycles. The van der Waals surface area contributed by atoms with Crippen molar-refractivity contribution in [1.82, 2.24) is 9.80 Å². The molecule has 1 aromatic carbocycles. The van der Waals surface area contributed by atoms with E-state index in [1.807, 2.05) is 4.90 Å². The van der Waals surface area contributed by atoms with Gasteiger partial charge in [0.1, 0.15) is 11.6 Å². The van der Waals surface area contributed by atoms with Crippen LogP contribution >= 0.6 is 0 Å². The number of benzene rings is 1. The molecule has 28 heavy (non-hydrogen) atoms. The summed E-state index contributed by atoms with van der Waals surface area (Å²) >= 11 is 0. The minimum Gasteiger partial charge on any atom is -0.508 e. The minimum absolute atomic E-state index is 0.00452. The first kappa shape index (κ1) is 17.9. The second-order valence-corrected chi connectivity index (χ2v) is 9.08. The lowest BCUT2D eigenvalue weighted by molar-refractivity contribution is -0.151. The van der Waals surface area contributed by atoms with Gasteiger partial charge in [0.05, 0.1) is 11.2 Å². The van der Waals surface area contributed by atoms with Crippen LogP contribution in [0.4, 0.5) is 4.39 Å². The Morgan fingerprint density at radius 3 is 2.64 bits per heavy atom. The van der Waals surface area contributed by atoms with E-state index in [0.717, 1.165) is 57.9 Å². The van der Waals surface area contributed by atoms with Crippen LogP contribution in [0.3, 0.4) is 0 Å². The smallest absolute Gasteiger partial charge is 0.257 e. The third-order valence-corrected chi connectivity index (χ3v) is 7.04. The minimum atomic E-state index is -0.623. The first-order valence-corrected chi connectivity index (χ1v) is 10.1. The van der Waals surface area contributed by atoms with Gasteiger partial charge in [0.25, 0.3) is 5.91 Å². The Kier molecular flexibility index (Phi) is 3.95. The Labute approximate surface area is 163 Å². The third kappa shape index (κ3) is 2.79. The summed E-state index contributed by atoms with van der Waals surface area (Å²) in [5.74, 6) is -0.881. The number of rotatable bonds is 2. The van der Waals surface area contributed by atoms with E-state index in [9.17, 15) is 19.1 Å². The molecule has 1 atom stereocenters. The highest BCUT2D eigenvalue weighted by Crippen LogP contribution is 2.53. The van der Waals surface area contributed by atoms with E-state index >= 15 is 0 Å². The fourth-order valence-electron chi connectivity index (χ4n) is 5.54. The molecule has 1 aliphatic carbocycles. The Hall–Kier alpha value is -2.15. The molecule has 1 saturated carbocycles. The maximum atomic E-state index is 13.9. The number of amides is 2. The van der Waals surface area contributed by atoms with Crippen molar-refractivity contribution in [3.05, 3.63) is 29.6 Å². The number of likely N-dealkylation sites (tertiary alicyclic amines) is 2. The lowest BCUT2D eigenvalue weighted by Crippen LogP contribution is -2.65. The molecule has 1 aromatic rings. The van der Waals surface area contributed by atoms with Crippen molar-refractivity contribution >= 4 is 11.8 Å². The average molecular weight is 388 g/mol. The topological polar surface area (TPSA) is 70.1 Å². The number of halogens is 1. The molecule has 0 aromatic heterocycles. The highest BCUT2D eigenvalue weighted by atomic mass is 19.1. The normalized spacial score (nSPS) is 28.6. The third-order valence-electron chi connectivity index (χ3n) is 7.04. The first-order chi connectivity index (χ1) is 13.4. The zero-order valence-electron chi connectivity index (χ0n) is 15.8. The van der Waals surface area contributed by atoms with Gasteiger partial charge in [-0.1, -0.05) is 0 Å². The molecule has 7 heteroatoms. The predicted molar refractivity (Wildman–Crippen MR) is 98.2 cm³/mol. The summed E-state index contributed by atoms with van der Waals surface area (Å²) in [5.41, 5.74) is -0.187. The number of nitrogens with zero attached hydrogens (tertiary/aromatic N) is 2. The molecule has 2 spiro atoms. The van der Waals surface area contributed by atoms with Crippen molar-refractivity contribution < 1.29 is 23.8 Å². The summed E-state index contributed by atoms with van der Waals surface area (Å²) in [6.07, 6.45) is 4.66. The van der Waals surface area contributed by atoms with Crippen LogP contribution in [0.25, 0.3) is 0 Å². The van der Waals surface area contributed by atoms with Gasteiger partial charge in [0, 0.05) is 44.1 Å². The summed E-state index contributed by atoms with van der Waals surface area (Å²) in [4.78, 5) is 28.9. The fraction of sp³-hybridized carbons (Fsp3) is 0.619. The van der Waals surface area contributed by atoms with E-state index in [0.29, 0.717) is 13.1 Å². The molecule has 6 nitrogen and oxygen atoms in total. The molecule has 3 aliphatic heterocycles. The molecule has 0 bridgehead atoms. The lowest BCUT2D eigenvalue weighted by Gasteiger charge is -2.58. The second kappa shape index (κ2) is 6.17. The van der Waals surface area contributed by atoms with Crippen molar-refractivity contribution in [2.45, 2.75) is 37.7 Å². The Balaban J connectivity index is 1.15. The van der Waals surface area contributed by atoms with E-state index in [4.69, 9.17) is 4.74 Å². The fourth-order valence-corrected chi connectivity index (χ4v) is 5.54. The van der Waals surface area contributed by atoms with Crippen molar-refractivity contribution in [3.63, 3.8) is 0 Å². The van der Waals surface area contributed by atoms with Gasteiger partial charge in [-0.3, -0.25) is 9.59 Å². The summed E-state index contributed by atoms with van der Waals surface area (Å²) < 4.78 is 19.8. The monoisotopic (exact) mass is 388 g/mol. The number of hydrogen-bond acceptors (Lipinski definition) is 4. The van der Waals surface area contributed by atoms with Crippen molar-refractivity contribution in [2.24, 2.45) is 11.3 Å². The molecule has 0 radical (unpaired) electrons. The Bertz CT molecular complexity index is 822. The quantitative estimate of drug-likeness (QED) is 0.843. The van der Waals surface area contributed by atoms with E-state index < -0.39 is 11.7 Å². The molecule has 4 aliphatic rings. The number of ether oxygens (including phenoxy) is 1. The van der Waals surface area contributed by atoms with Gasteiger partial charge < -0.3 is 19.6 Å². The van der Waals surface area contributed by atoms with Gasteiger partial charge >= 0.3 is 0 Å². The van der Waals surface area contributed by atoms with Crippen LogP contribution in [0.15, 0.2) is 18.2 Å². The highest BCUT2D eigenvalue weighted by molar-refractivity contribution is 5.95. The molecule has 2 amide bonds. The molecule has 1 N–H and O–H groups in total. The molecule has 150 valence electrons. The predicted octanol–water partition coefficient (Wildman–Crippen LogP) is 2.17. The molecular formula is C21H25FN2O4. The number of phenols is 1. The first-order valence-electron chi connectivity index (χ1n) is 10.1. The molecule has 1 unspecified atom stereocenters.